The average Bonchev–Trinajstić information content (AvgIpc) is 1.94. The van der Waals surface area contributed by atoms with Crippen molar-refractivity contribution in [2.45, 2.75) is 6.42 Å². The minimum Gasteiger partial charge on any atom is -0.394 e. The number of aliphatic hydroxyl groups is 1. The number of nitrogens with one attached hydrogen (secondary N) is 1. The van der Waals surface area contributed by atoms with Crippen LogP contribution in [0.5, 0.6) is 0 Å². The van der Waals surface area contributed by atoms with E-state index in [9.17, 15) is 8.42 Å². The molecule has 0 bridgehead atoms. The molecular weight excluding hydrogens is 184 g/mol. The Morgan fingerprint density at radius 2 is 2.08 bits per heavy atom. The van der Waals surface area contributed by atoms with Gasteiger partial charge >= 0.3 is 0 Å². The van der Waals surface area contributed by atoms with E-state index in [0.717, 1.165) is 0 Å². The summed E-state index contributed by atoms with van der Waals surface area (Å²) < 4.78 is 27.6. The van der Waals surface area contributed by atoms with Gasteiger partial charge in [-0.05, 0) is 6.42 Å². The Kier molecular flexibility index (Phi) is 6.21. The molecule has 0 atom stereocenters. The lowest BCUT2D eigenvalue weighted by molar-refractivity contribution is 0.0913. The van der Waals surface area contributed by atoms with Gasteiger partial charge in [0.2, 0.25) is 0 Å². The summed E-state index contributed by atoms with van der Waals surface area (Å²) in [6, 6.07) is 0. The predicted molar refractivity (Wildman–Crippen MR) is 43.6 cm³/mol. The van der Waals surface area contributed by atoms with Crippen LogP contribution >= 0.6 is 0 Å². The first-order valence-corrected chi connectivity index (χ1v) is 5.07. The highest BCUT2D eigenvalue weighted by atomic mass is 32.2. The molecule has 12 heavy (non-hydrogen) atoms. The van der Waals surface area contributed by atoms with E-state index >= 15 is 0 Å². The first kappa shape index (κ1) is 11.8. The van der Waals surface area contributed by atoms with E-state index in [1.54, 1.807) is 0 Å². The molecule has 0 heterocycles. The lowest BCUT2D eigenvalue weighted by Gasteiger charge is -2.02. The molecule has 0 aliphatic carbocycles. The molecule has 0 aliphatic rings. The zero-order valence-electron chi connectivity index (χ0n) is 6.69. The summed E-state index contributed by atoms with van der Waals surface area (Å²) in [7, 11) is -3.57. The van der Waals surface area contributed by atoms with Crippen LogP contribution in [0.15, 0.2) is 0 Å². The summed E-state index contributed by atoms with van der Waals surface area (Å²) in [6.07, 6.45) is 0.538. The highest BCUT2D eigenvalue weighted by Crippen LogP contribution is 1.80. The SMILES string of the molecule is NS(=O)(=O)NCCCOCCO. The van der Waals surface area contributed by atoms with Gasteiger partial charge in [-0.1, -0.05) is 0 Å². The molecule has 0 fully saturated rings. The fraction of sp³-hybridized carbons (Fsp3) is 1.00. The predicted octanol–water partition coefficient (Wildman–Crippen LogP) is -1.82. The number of hydrogen-bond donors (Lipinski definition) is 3. The molecule has 0 rings (SSSR count). The smallest absolute Gasteiger partial charge is 0.274 e. The molecule has 0 aliphatic heterocycles. The largest absolute Gasteiger partial charge is 0.394 e. The first-order chi connectivity index (χ1) is 5.56. The van der Waals surface area contributed by atoms with Gasteiger partial charge in [0.05, 0.1) is 13.2 Å². The van der Waals surface area contributed by atoms with Crippen molar-refractivity contribution >= 4 is 10.2 Å². The summed E-state index contributed by atoms with van der Waals surface area (Å²) in [5.41, 5.74) is 0. The molecule has 74 valence electrons. The maximum absolute atomic E-state index is 10.3. The molecule has 6 nitrogen and oxygen atoms in total. The van der Waals surface area contributed by atoms with Crippen LogP contribution in [0, 0.1) is 0 Å². The summed E-state index contributed by atoms with van der Waals surface area (Å²) in [5, 5.41) is 13.0. The summed E-state index contributed by atoms with van der Waals surface area (Å²) in [5.74, 6) is 0. The van der Waals surface area contributed by atoms with Crippen molar-refractivity contribution in [2.24, 2.45) is 5.14 Å². The van der Waals surface area contributed by atoms with Crippen molar-refractivity contribution in [3.63, 3.8) is 0 Å². The van der Waals surface area contributed by atoms with Gasteiger partial charge < -0.3 is 9.84 Å². The number of hydrogen-bond acceptors (Lipinski definition) is 4. The van der Waals surface area contributed by atoms with Crippen LogP contribution in [0.3, 0.4) is 0 Å². The summed E-state index contributed by atoms with van der Waals surface area (Å²) in [6.45, 7) is 0.908. The van der Waals surface area contributed by atoms with Crippen LogP contribution < -0.4 is 9.86 Å². The van der Waals surface area contributed by atoms with Crippen LogP contribution in [0.2, 0.25) is 0 Å². The van der Waals surface area contributed by atoms with Gasteiger partial charge in [-0.25, -0.2) is 9.86 Å². The number of nitrogens with two attached hydrogens (primary N) is 1. The summed E-state index contributed by atoms with van der Waals surface area (Å²) in [4.78, 5) is 0. The van der Waals surface area contributed by atoms with Gasteiger partial charge in [0.15, 0.2) is 0 Å². The van der Waals surface area contributed by atoms with E-state index in [1.165, 1.54) is 0 Å². The van der Waals surface area contributed by atoms with E-state index < -0.39 is 10.2 Å². The lowest BCUT2D eigenvalue weighted by atomic mass is 10.5. The van der Waals surface area contributed by atoms with E-state index in [4.69, 9.17) is 9.84 Å². The van der Waals surface area contributed by atoms with E-state index in [-0.39, 0.29) is 19.8 Å². The fourth-order valence-electron chi connectivity index (χ4n) is 0.555. The third-order valence-electron chi connectivity index (χ3n) is 1.00. The van der Waals surface area contributed by atoms with Gasteiger partial charge in [-0.2, -0.15) is 8.42 Å². The van der Waals surface area contributed by atoms with Gasteiger partial charge in [0.25, 0.3) is 10.2 Å². The Morgan fingerprint density at radius 1 is 1.42 bits per heavy atom. The van der Waals surface area contributed by atoms with Crippen molar-refractivity contribution in [1.82, 2.24) is 4.72 Å². The van der Waals surface area contributed by atoms with Crippen molar-refractivity contribution in [3.05, 3.63) is 0 Å². The topological polar surface area (TPSA) is 102 Å². The molecule has 0 unspecified atom stereocenters. The molecule has 7 heteroatoms. The van der Waals surface area contributed by atoms with Crippen LogP contribution in [0.25, 0.3) is 0 Å². The number of rotatable bonds is 7. The number of ether oxygens (including phenoxy) is 1. The fourth-order valence-corrected chi connectivity index (χ4v) is 0.984. The standard InChI is InChI=1S/C5H14N2O4S/c6-12(9,10)7-2-1-4-11-5-3-8/h7-8H,1-5H2,(H2,6,9,10). The minimum atomic E-state index is -3.57. The van der Waals surface area contributed by atoms with Crippen molar-refractivity contribution < 1.29 is 18.3 Å². The third kappa shape index (κ3) is 9.79. The maximum atomic E-state index is 10.3. The molecule has 0 aromatic rings. The Bertz CT molecular complexity index is 192. The number of aliphatic hydroxyl groups excluding tert-OH is 1. The molecule has 0 aromatic heterocycles. The molecular formula is C5H14N2O4S. The molecule has 0 saturated carbocycles. The molecule has 0 aromatic carbocycles. The summed E-state index contributed by atoms with van der Waals surface area (Å²) >= 11 is 0. The Labute approximate surface area is 71.9 Å². The van der Waals surface area contributed by atoms with E-state index in [1.807, 2.05) is 0 Å². The van der Waals surface area contributed by atoms with Gasteiger partial charge in [0.1, 0.15) is 0 Å². The molecule has 0 spiro atoms. The molecule has 0 radical (unpaired) electrons. The third-order valence-corrected chi connectivity index (χ3v) is 1.61. The van der Waals surface area contributed by atoms with Crippen molar-refractivity contribution in [1.29, 1.82) is 0 Å². The van der Waals surface area contributed by atoms with Crippen LogP contribution in [0.4, 0.5) is 0 Å². The van der Waals surface area contributed by atoms with Crippen LogP contribution in [-0.4, -0.2) is 39.9 Å². The van der Waals surface area contributed by atoms with E-state index in [0.29, 0.717) is 13.0 Å². The Morgan fingerprint density at radius 3 is 2.58 bits per heavy atom. The zero-order valence-corrected chi connectivity index (χ0v) is 7.51. The molecule has 0 saturated heterocycles. The van der Waals surface area contributed by atoms with Crippen molar-refractivity contribution in [3.8, 4) is 0 Å². The second-order valence-electron chi connectivity index (χ2n) is 2.13. The second-order valence-corrected chi connectivity index (χ2v) is 3.51. The van der Waals surface area contributed by atoms with Gasteiger partial charge in [-0.15, -0.1) is 0 Å². The van der Waals surface area contributed by atoms with Gasteiger partial charge in [0, 0.05) is 13.2 Å². The zero-order chi connectivity index (χ0) is 9.45. The Hall–Kier alpha value is -0.210. The van der Waals surface area contributed by atoms with Crippen LogP contribution in [-0.2, 0) is 14.9 Å². The quantitative estimate of drug-likeness (QED) is 0.419. The average molecular weight is 198 g/mol. The monoisotopic (exact) mass is 198 g/mol. The van der Waals surface area contributed by atoms with E-state index in [2.05, 4.69) is 9.86 Å². The first-order valence-electron chi connectivity index (χ1n) is 3.52. The second kappa shape index (κ2) is 6.32. The van der Waals surface area contributed by atoms with Gasteiger partial charge in [-0.3, -0.25) is 0 Å². The highest BCUT2D eigenvalue weighted by molar-refractivity contribution is 7.87. The molecule has 0 amide bonds. The Balaban J connectivity index is 3.12. The maximum Gasteiger partial charge on any atom is 0.274 e. The normalized spacial score (nSPS) is 11.8. The molecule has 4 N–H and O–H groups in total. The van der Waals surface area contributed by atoms with Crippen molar-refractivity contribution in [2.75, 3.05) is 26.4 Å². The lowest BCUT2D eigenvalue weighted by Crippen LogP contribution is -2.32. The minimum absolute atomic E-state index is 0.0252. The van der Waals surface area contributed by atoms with Crippen LogP contribution in [0.1, 0.15) is 6.42 Å². The highest BCUT2D eigenvalue weighted by Gasteiger charge is 1.98.